The van der Waals surface area contributed by atoms with Gasteiger partial charge in [-0.3, -0.25) is 19.7 Å². The Hall–Kier alpha value is -4.01. The zero-order valence-electron chi connectivity index (χ0n) is 15.6. The summed E-state index contributed by atoms with van der Waals surface area (Å²) in [6.45, 7) is 2.08. The molecule has 0 atom stereocenters. The predicted molar refractivity (Wildman–Crippen MR) is 107 cm³/mol. The Labute approximate surface area is 165 Å². The van der Waals surface area contributed by atoms with Crippen LogP contribution in [0, 0.1) is 10.1 Å². The lowest BCUT2D eigenvalue weighted by atomic mass is 10.2. The van der Waals surface area contributed by atoms with E-state index in [1.807, 2.05) is 24.3 Å². The number of rotatable bonds is 7. The number of nitro benzene ring substituents is 1. The van der Waals surface area contributed by atoms with Gasteiger partial charge in [0.25, 0.3) is 11.6 Å². The number of benzene rings is 2. The van der Waals surface area contributed by atoms with Crippen molar-refractivity contribution < 1.29 is 19.2 Å². The molecule has 1 aromatic heterocycles. The van der Waals surface area contributed by atoms with Crippen LogP contribution in [0.5, 0.6) is 0 Å². The van der Waals surface area contributed by atoms with E-state index in [2.05, 4.69) is 10.5 Å². The van der Waals surface area contributed by atoms with Gasteiger partial charge in [0.1, 0.15) is 12.1 Å². The number of hydrazone groups is 1. The number of ether oxygens (including phenoxy) is 1. The highest BCUT2D eigenvalue weighted by atomic mass is 16.6. The van der Waals surface area contributed by atoms with Crippen molar-refractivity contribution in [1.82, 2.24) is 9.99 Å². The quantitative estimate of drug-likeness (QED) is 0.286. The van der Waals surface area contributed by atoms with E-state index in [1.165, 1.54) is 30.5 Å². The molecule has 0 aliphatic rings. The van der Waals surface area contributed by atoms with Crippen molar-refractivity contribution in [2.75, 3.05) is 6.61 Å². The minimum Gasteiger partial charge on any atom is -0.465 e. The van der Waals surface area contributed by atoms with Crippen molar-refractivity contribution in [3.05, 3.63) is 76.0 Å². The van der Waals surface area contributed by atoms with Crippen molar-refractivity contribution >= 4 is 34.7 Å². The van der Waals surface area contributed by atoms with Crippen LogP contribution in [0.25, 0.3) is 10.9 Å². The van der Waals surface area contributed by atoms with E-state index in [0.717, 1.165) is 10.9 Å². The van der Waals surface area contributed by atoms with Crippen LogP contribution in [-0.2, 0) is 16.1 Å². The molecule has 0 aliphatic carbocycles. The maximum absolute atomic E-state index is 12.3. The van der Waals surface area contributed by atoms with Crippen molar-refractivity contribution in [1.29, 1.82) is 0 Å². The first-order chi connectivity index (χ1) is 14.0. The Balaban J connectivity index is 1.81. The molecule has 1 N–H and O–H groups in total. The van der Waals surface area contributed by atoms with Gasteiger partial charge < -0.3 is 9.30 Å². The third-order valence-electron chi connectivity index (χ3n) is 4.14. The van der Waals surface area contributed by atoms with Gasteiger partial charge in [-0.2, -0.15) is 5.10 Å². The van der Waals surface area contributed by atoms with Crippen LogP contribution in [0.15, 0.2) is 59.8 Å². The Bertz CT molecular complexity index is 1100. The standard InChI is InChI=1S/C20H18N4O5/c1-2-29-19(25)13-23-12-14(15-7-3-5-9-17(15)23)11-21-22-20(26)16-8-4-6-10-18(16)24(27)28/h3-12H,2,13H2,1H3,(H,22,26)/b21-11-. The molecule has 3 rings (SSSR count). The number of para-hydroxylation sites is 2. The van der Waals surface area contributed by atoms with E-state index in [9.17, 15) is 19.7 Å². The average Bonchev–Trinajstić information content (AvgIpc) is 3.05. The Kier molecular flexibility index (Phi) is 5.98. The number of nitrogens with one attached hydrogen (secondary N) is 1. The van der Waals surface area contributed by atoms with Gasteiger partial charge >= 0.3 is 5.97 Å². The molecule has 0 bridgehead atoms. The van der Waals surface area contributed by atoms with Gasteiger partial charge in [0, 0.05) is 28.7 Å². The maximum atomic E-state index is 12.3. The highest BCUT2D eigenvalue weighted by Gasteiger charge is 2.18. The SMILES string of the molecule is CCOC(=O)Cn1cc(/C=N\NC(=O)c2ccccc2[N+](=O)[O-])c2ccccc21. The molecule has 0 aliphatic heterocycles. The molecule has 3 aromatic rings. The third kappa shape index (κ3) is 4.46. The molecule has 148 valence electrons. The first-order valence-electron chi connectivity index (χ1n) is 8.81. The second-order valence-corrected chi connectivity index (χ2v) is 6.01. The second kappa shape index (κ2) is 8.79. The number of aromatic nitrogens is 1. The molecular formula is C20H18N4O5. The van der Waals surface area contributed by atoms with Gasteiger partial charge in [-0.25, -0.2) is 5.43 Å². The summed E-state index contributed by atoms with van der Waals surface area (Å²) < 4.78 is 6.73. The molecule has 0 radical (unpaired) electrons. The zero-order valence-corrected chi connectivity index (χ0v) is 15.6. The van der Waals surface area contributed by atoms with Gasteiger partial charge in [0.2, 0.25) is 0 Å². The third-order valence-corrected chi connectivity index (χ3v) is 4.14. The fourth-order valence-electron chi connectivity index (χ4n) is 2.90. The minimum atomic E-state index is -0.691. The maximum Gasteiger partial charge on any atom is 0.325 e. The Morgan fingerprint density at radius 1 is 1.21 bits per heavy atom. The molecular weight excluding hydrogens is 376 g/mol. The molecule has 0 unspecified atom stereocenters. The summed E-state index contributed by atoms with van der Waals surface area (Å²) in [6.07, 6.45) is 3.15. The molecule has 2 aromatic carbocycles. The van der Waals surface area contributed by atoms with E-state index < -0.39 is 10.8 Å². The lowest BCUT2D eigenvalue weighted by Gasteiger charge is -2.04. The molecule has 9 heteroatoms. The Morgan fingerprint density at radius 3 is 2.69 bits per heavy atom. The van der Waals surface area contributed by atoms with Gasteiger partial charge in [-0.1, -0.05) is 30.3 Å². The lowest BCUT2D eigenvalue weighted by Crippen LogP contribution is -2.18. The van der Waals surface area contributed by atoms with Crippen molar-refractivity contribution in [2.24, 2.45) is 5.10 Å². The van der Waals surface area contributed by atoms with Gasteiger partial charge in [0.15, 0.2) is 0 Å². The number of nitro groups is 1. The van der Waals surface area contributed by atoms with E-state index in [4.69, 9.17) is 4.74 Å². The van der Waals surface area contributed by atoms with Gasteiger partial charge in [-0.05, 0) is 19.1 Å². The molecule has 1 amide bonds. The monoisotopic (exact) mass is 394 g/mol. The van der Waals surface area contributed by atoms with Crippen LogP contribution in [0.1, 0.15) is 22.8 Å². The molecule has 0 spiro atoms. The normalized spacial score (nSPS) is 10.9. The van der Waals surface area contributed by atoms with Crippen LogP contribution in [0.3, 0.4) is 0 Å². The first kappa shape index (κ1) is 19.7. The Morgan fingerprint density at radius 2 is 1.93 bits per heavy atom. The smallest absolute Gasteiger partial charge is 0.325 e. The number of nitrogens with zero attached hydrogens (tertiary/aromatic N) is 3. The van der Waals surface area contributed by atoms with Crippen LogP contribution in [0.4, 0.5) is 5.69 Å². The number of amides is 1. The fourth-order valence-corrected chi connectivity index (χ4v) is 2.90. The van der Waals surface area contributed by atoms with Crippen LogP contribution in [0.2, 0.25) is 0 Å². The number of hydrogen-bond acceptors (Lipinski definition) is 6. The summed E-state index contributed by atoms with van der Waals surface area (Å²) in [5.41, 5.74) is 3.41. The van der Waals surface area contributed by atoms with E-state index in [1.54, 1.807) is 17.7 Å². The summed E-state index contributed by atoms with van der Waals surface area (Å²) in [5, 5.41) is 15.8. The number of carbonyl (C=O) groups is 2. The highest BCUT2D eigenvalue weighted by molar-refractivity contribution is 6.01. The summed E-state index contributed by atoms with van der Waals surface area (Å²) in [4.78, 5) is 34.5. The summed E-state index contributed by atoms with van der Waals surface area (Å²) in [5.74, 6) is -1.05. The topological polar surface area (TPSA) is 116 Å². The molecule has 0 saturated heterocycles. The van der Waals surface area contributed by atoms with E-state index >= 15 is 0 Å². The summed E-state index contributed by atoms with van der Waals surface area (Å²) >= 11 is 0. The average molecular weight is 394 g/mol. The number of carbonyl (C=O) groups excluding carboxylic acids is 2. The van der Waals surface area contributed by atoms with Crippen LogP contribution in [-0.4, -0.2) is 34.2 Å². The van der Waals surface area contributed by atoms with Crippen molar-refractivity contribution in [2.45, 2.75) is 13.5 Å². The van der Waals surface area contributed by atoms with E-state index in [0.29, 0.717) is 12.2 Å². The summed E-state index contributed by atoms with van der Waals surface area (Å²) in [7, 11) is 0. The molecule has 1 heterocycles. The van der Waals surface area contributed by atoms with Crippen molar-refractivity contribution in [3.63, 3.8) is 0 Å². The largest absolute Gasteiger partial charge is 0.465 e. The molecule has 0 saturated carbocycles. The van der Waals surface area contributed by atoms with Gasteiger partial charge in [-0.15, -0.1) is 0 Å². The number of hydrogen-bond donors (Lipinski definition) is 1. The zero-order chi connectivity index (χ0) is 20.8. The molecule has 9 nitrogen and oxygen atoms in total. The number of esters is 1. The number of fused-ring (bicyclic) bond motifs is 1. The van der Waals surface area contributed by atoms with Crippen molar-refractivity contribution in [3.8, 4) is 0 Å². The fraction of sp³-hybridized carbons (Fsp3) is 0.150. The van der Waals surface area contributed by atoms with E-state index in [-0.39, 0.29) is 23.8 Å². The predicted octanol–water partition coefficient (Wildman–Crippen LogP) is 2.88. The molecule has 0 fully saturated rings. The van der Waals surface area contributed by atoms with Crippen LogP contribution < -0.4 is 5.43 Å². The summed E-state index contributed by atoms with van der Waals surface area (Å²) in [6, 6.07) is 13.0. The first-order valence-corrected chi connectivity index (χ1v) is 8.81. The lowest BCUT2D eigenvalue weighted by molar-refractivity contribution is -0.385. The second-order valence-electron chi connectivity index (χ2n) is 6.01. The highest BCUT2D eigenvalue weighted by Crippen LogP contribution is 2.20. The minimum absolute atomic E-state index is 0.0464. The van der Waals surface area contributed by atoms with Gasteiger partial charge in [0.05, 0.1) is 17.7 Å². The van der Waals surface area contributed by atoms with Crippen LogP contribution >= 0.6 is 0 Å². The molecule has 29 heavy (non-hydrogen) atoms.